The molecule has 2 rings (SSSR count). The zero-order valence-electron chi connectivity index (χ0n) is 11.6. The lowest BCUT2D eigenvalue weighted by Gasteiger charge is -2.24. The molecule has 0 atom stereocenters. The third-order valence-corrected chi connectivity index (χ3v) is 3.76. The van der Waals surface area contributed by atoms with E-state index in [9.17, 15) is 0 Å². The molecule has 2 aromatic heterocycles. The molecule has 106 valence electrons. The Kier molecular flexibility index (Phi) is 5.38. The molecule has 0 spiro atoms. The van der Waals surface area contributed by atoms with Gasteiger partial charge in [0, 0.05) is 28.5 Å². The summed E-state index contributed by atoms with van der Waals surface area (Å²) in [7, 11) is 0. The van der Waals surface area contributed by atoms with Gasteiger partial charge in [-0.05, 0) is 48.0 Å². The summed E-state index contributed by atoms with van der Waals surface area (Å²) in [6.07, 6.45) is 1.80. The molecule has 0 N–H and O–H groups in total. The van der Waals surface area contributed by atoms with Gasteiger partial charge in [-0.2, -0.15) is 0 Å². The van der Waals surface area contributed by atoms with Crippen LogP contribution in [0.3, 0.4) is 0 Å². The topological polar surface area (TPSA) is 29.0 Å². The van der Waals surface area contributed by atoms with Crippen LogP contribution in [-0.4, -0.2) is 16.5 Å². The second-order valence-electron chi connectivity index (χ2n) is 4.55. The number of alkyl halides is 1. The normalized spacial score (nSPS) is 10.6. The van der Waals surface area contributed by atoms with Crippen molar-refractivity contribution in [2.45, 2.75) is 26.3 Å². The number of hydrogen-bond acceptors (Lipinski definition) is 3. The van der Waals surface area contributed by atoms with E-state index in [1.54, 1.807) is 6.20 Å². The van der Waals surface area contributed by atoms with Crippen LogP contribution in [0, 0.1) is 6.92 Å². The number of aryl methyl sites for hydroxylation is 1. The molecule has 0 aliphatic carbocycles. The smallest absolute Gasteiger partial charge is 0.133 e. The maximum atomic E-state index is 6.03. The SMILES string of the molecule is CCN(Cc1cccc(C)n1)c1ncc(Br)cc1CCl. The van der Waals surface area contributed by atoms with Crippen molar-refractivity contribution in [2.75, 3.05) is 11.4 Å². The van der Waals surface area contributed by atoms with Crippen LogP contribution in [0.5, 0.6) is 0 Å². The second kappa shape index (κ2) is 7.04. The number of hydrogen-bond donors (Lipinski definition) is 0. The van der Waals surface area contributed by atoms with Crippen LogP contribution in [0.2, 0.25) is 0 Å². The van der Waals surface area contributed by atoms with E-state index in [4.69, 9.17) is 11.6 Å². The molecule has 0 aromatic carbocycles. The van der Waals surface area contributed by atoms with Crippen molar-refractivity contribution in [3.05, 3.63) is 51.9 Å². The molecule has 0 radical (unpaired) electrons. The van der Waals surface area contributed by atoms with Crippen molar-refractivity contribution in [1.29, 1.82) is 0 Å². The van der Waals surface area contributed by atoms with Crippen LogP contribution in [-0.2, 0) is 12.4 Å². The van der Waals surface area contributed by atoms with E-state index in [1.165, 1.54) is 0 Å². The minimum Gasteiger partial charge on any atom is -0.351 e. The predicted molar refractivity (Wildman–Crippen MR) is 87.2 cm³/mol. The molecule has 0 saturated carbocycles. The summed E-state index contributed by atoms with van der Waals surface area (Å²) in [5.41, 5.74) is 3.09. The summed E-state index contributed by atoms with van der Waals surface area (Å²) >= 11 is 9.46. The van der Waals surface area contributed by atoms with Crippen LogP contribution >= 0.6 is 27.5 Å². The first kappa shape index (κ1) is 15.3. The first-order valence-corrected chi connectivity index (χ1v) is 7.84. The second-order valence-corrected chi connectivity index (χ2v) is 5.74. The van der Waals surface area contributed by atoms with Crippen molar-refractivity contribution < 1.29 is 0 Å². The average molecular weight is 355 g/mol. The van der Waals surface area contributed by atoms with Gasteiger partial charge in [-0.3, -0.25) is 4.98 Å². The average Bonchev–Trinajstić information content (AvgIpc) is 2.45. The monoisotopic (exact) mass is 353 g/mol. The Morgan fingerprint density at radius 1 is 1.35 bits per heavy atom. The zero-order valence-corrected chi connectivity index (χ0v) is 13.9. The largest absolute Gasteiger partial charge is 0.351 e. The highest BCUT2D eigenvalue weighted by Gasteiger charge is 2.12. The lowest BCUT2D eigenvalue weighted by molar-refractivity contribution is 0.785. The molecule has 0 amide bonds. The van der Waals surface area contributed by atoms with Crippen molar-refractivity contribution >= 4 is 33.3 Å². The van der Waals surface area contributed by atoms with Gasteiger partial charge in [0.25, 0.3) is 0 Å². The fourth-order valence-electron chi connectivity index (χ4n) is 2.08. The summed E-state index contributed by atoms with van der Waals surface area (Å²) in [6.45, 7) is 5.70. The lowest BCUT2D eigenvalue weighted by atomic mass is 10.2. The minimum absolute atomic E-state index is 0.444. The summed E-state index contributed by atoms with van der Waals surface area (Å²) in [6, 6.07) is 8.08. The highest BCUT2D eigenvalue weighted by molar-refractivity contribution is 9.10. The molecular weight excluding hydrogens is 338 g/mol. The molecule has 0 unspecified atom stereocenters. The standard InChI is InChI=1S/C15H17BrClN3/c1-3-20(10-14-6-4-5-11(2)19-14)15-12(8-17)7-13(16)9-18-15/h4-7,9H,3,8,10H2,1-2H3. The number of pyridine rings is 2. The van der Waals surface area contributed by atoms with Crippen LogP contribution in [0.15, 0.2) is 34.9 Å². The maximum Gasteiger partial charge on any atom is 0.133 e. The molecule has 20 heavy (non-hydrogen) atoms. The Morgan fingerprint density at radius 3 is 2.80 bits per heavy atom. The molecule has 0 saturated heterocycles. The maximum absolute atomic E-state index is 6.03. The highest BCUT2D eigenvalue weighted by atomic mass is 79.9. The van der Waals surface area contributed by atoms with Gasteiger partial charge in [0.2, 0.25) is 0 Å². The first-order chi connectivity index (χ1) is 9.63. The van der Waals surface area contributed by atoms with Crippen LogP contribution in [0.1, 0.15) is 23.9 Å². The van der Waals surface area contributed by atoms with E-state index in [-0.39, 0.29) is 0 Å². The quantitative estimate of drug-likeness (QED) is 0.749. The van der Waals surface area contributed by atoms with Gasteiger partial charge < -0.3 is 4.90 Å². The molecule has 0 aliphatic heterocycles. The third-order valence-electron chi connectivity index (χ3n) is 3.03. The number of rotatable bonds is 5. The number of anilines is 1. The fourth-order valence-corrected chi connectivity index (χ4v) is 2.65. The van der Waals surface area contributed by atoms with E-state index >= 15 is 0 Å². The summed E-state index contributed by atoms with van der Waals surface area (Å²) < 4.78 is 0.946. The van der Waals surface area contributed by atoms with Crippen LogP contribution < -0.4 is 4.90 Å². The molecule has 2 aromatic rings. The lowest BCUT2D eigenvalue weighted by Crippen LogP contribution is -2.25. The van der Waals surface area contributed by atoms with E-state index < -0.39 is 0 Å². The Morgan fingerprint density at radius 2 is 2.15 bits per heavy atom. The van der Waals surface area contributed by atoms with Crippen LogP contribution in [0.4, 0.5) is 5.82 Å². The highest BCUT2D eigenvalue weighted by Crippen LogP contribution is 2.24. The van der Waals surface area contributed by atoms with Crippen molar-refractivity contribution in [3.63, 3.8) is 0 Å². The van der Waals surface area contributed by atoms with Crippen molar-refractivity contribution in [2.24, 2.45) is 0 Å². The summed E-state index contributed by atoms with van der Waals surface area (Å²) in [5.74, 6) is 1.37. The fraction of sp³-hybridized carbons (Fsp3) is 0.333. The van der Waals surface area contributed by atoms with E-state index in [1.807, 2.05) is 31.2 Å². The van der Waals surface area contributed by atoms with Gasteiger partial charge in [0.1, 0.15) is 5.82 Å². The van der Waals surface area contributed by atoms with Crippen LogP contribution in [0.25, 0.3) is 0 Å². The summed E-state index contributed by atoms with van der Waals surface area (Å²) in [5, 5.41) is 0. The molecule has 3 nitrogen and oxygen atoms in total. The Hall–Kier alpha value is -1.13. The minimum atomic E-state index is 0.444. The first-order valence-electron chi connectivity index (χ1n) is 6.52. The number of aromatic nitrogens is 2. The van der Waals surface area contributed by atoms with Gasteiger partial charge in [0.15, 0.2) is 0 Å². The number of nitrogens with zero attached hydrogens (tertiary/aromatic N) is 3. The molecule has 0 aliphatic rings. The van der Waals surface area contributed by atoms with E-state index in [2.05, 4.69) is 37.7 Å². The Labute approximate surface area is 133 Å². The Balaban J connectivity index is 2.28. The zero-order chi connectivity index (χ0) is 14.5. The predicted octanol–water partition coefficient (Wildman–Crippen LogP) is 4.31. The molecular formula is C15H17BrClN3. The van der Waals surface area contributed by atoms with Crippen molar-refractivity contribution in [1.82, 2.24) is 9.97 Å². The molecule has 0 fully saturated rings. The summed E-state index contributed by atoms with van der Waals surface area (Å²) in [4.78, 5) is 11.2. The number of halogens is 2. The van der Waals surface area contributed by atoms with Crippen molar-refractivity contribution in [3.8, 4) is 0 Å². The van der Waals surface area contributed by atoms with Gasteiger partial charge in [0.05, 0.1) is 18.1 Å². The molecule has 5 heteroatoms. The third kappa shape index (κ3) is 3.70. The molecule has 2 heterocycles. The van der Waals surface area contributed by atoms with E-state index in [0.717, 1.165) is 40.3 Å². The van der Waals surface area contributed by atoms with Gasteiger partial charge in [-0.15, -0.1) is 11.6 Å². The van der Waals surface area contributed by atoms with E-state index in [0.29, 0.717) is 5.88 Å². The van der Waals surface area contributed by atoms with Gasteiger partial charge >= 0.3 is 0 Å². The van der Waals surface area contributed by atoms with Gasteiger partial charge in [-0.25, -0.2) is 4.98 Å². The Bertz CT molecular complexity index is 589. The molecule has 0 bridgehead atoms. The van der Waals surface area contributed by atoms with Gasteiger partial charge in [-0.1, -0.05) is 6.07 Å².